The standard InChI is InChI=1S/C15H23F2N3O/c1-12(21)18-5-6-19-7-9-20(10-8-19)11-13-14(16)3-2-4-15(13)17/h3H,2,4-11H2,1H3,(H,18,21). The molecule has 1 fully saturated rings. The fourth-order valence-corrected chi connectivity index (χ4v) is 2.68. The van der Waals surface area contributed by atoms with Crippen molar-refractivity contribution in [2.45, 2.75) is 19.8 Å². The van der Waals surface area contributed by atoms with Crippen molar-refractivity contribution in [3.8, 4) is 0 Å². The van der Waals surface area contributed by atoms with Gasteiger partial charge >= 0.3 is 0 Å². The van der Waals surface area contributed by atoms with Gasteiger partial charge in [0.25, 0.3) is 0 Å². The van der Waals surface area contributed by atoms with Crippen LogP contribution in [-0.4, -0.2) is 61.5 Å². The molecule has 1 heterocycles. The Morgan fingerprint density at radius 3 is 2.52 bits per heavy atom. The first kappa shape index (κ1) is 16.1. The summed E-state index contributed by atoms with van der Waals surface area (Å²) in [5.41, 5.74) is 0.230. The quantitative estimate of drug-likeness (QED) is 0.838. The van der Waals surface area contributed by atoms with E-state index in [0.29, 0.717) is 25.9 Å². The molecular weight excluding hydrogens is 276 g/mol. The van der Waals surface area contributed by atoms with Crippen molar-refractivity contribution >= 4 is 5.91 Å². The molecule has 0 atom stereocenters. The van der Waals surface area contributed by atoms with Crippen LogP contribution < -0.4 is 5.32 Å². The number of rotatable bonds is 5. The number of nitrogens with one attached hydrogen (secondary N) is 1. The number of allylic oxidation sites excluding steroid dienone is 2. The number of halogens is 2. The van der Waals surface area contributed by atoms with E-state index in [0.717, 1.165) is 32.7 Å². The maximum atomic E-state index is 13.7. The molecule has 1 N–H and O–H groups in total. The second-order valence-corrected chi connectivity index (χ2v) is 5.57. The van der Waals surface area contributed by atoms with Gasteiger partial charge in [-0.3, -0.25) is 14.6 Å². The summed E-state index contributed by atoms with van der Waals surface area (Å²) in [6.07, 6.45) is 2.25. The van der Waals surface area contributed by atoms with Gasteiger partial charge in [-0.15, -0.1) is 0 Å². The molecule has 2 aliphatic rings. The second-order valence-electron chi connectivity index (χ2n) is 5.57. The van der Waals surface area contributed by atoms with E-state index in [4.69, 9.17) is 0 Å². The summed E-state index contributed by atoms with van der Waals surface area (Å²) in [4.78, 5) is 15.1. The Morgan fingerprint density at radius 2 is 1.90 bits per heavy atom. The summed E-state index contributed by atoms with van der Waals surface area (Å²) < 4.78 is 27.4. The Hall–Kier alpha value is -1.27. The van der Waals surface area contributed by atoms with Crippen LogP contribution in [0.25, 0.3) is 0 Å². The third kappa shape index (κ3) is 4.89. The van der Waals surface area contributed by atoms with Gasteiger partial charge in [0.1, 0.15) is 11.7 Å². The zero-order valence-corrected chi connectivity index (χ0v) is 12.5. The average Bonchev–Trinajstić information content (AvgIpc) is 2.44. The molecule has 118 valence electrons. The lowest BCUT2D eigenvalue weighted by atomic mass is 10.0. The molecule has 2 rings (SSSR count). The molecule has 0 saturated carbocycles. The van der Waals surface area contributed by atoms with E-state index < -0.39 is 5.83 Å². The molecule has 0 aromatic carbocycles. The zero-order chi connectivity index (χ0) is 15.2. The minimum Gasteiger partial charge on any atom is -0.355 e. The normalized spacial score (nSPS) is 21.4. The Labute approximate surface area is 124 Å². The molecule has 0 unspecified atom stereocenters. The third-order valence-electron chi connectivity index (χ3n) is 3.95. The predicted molar refractivity (Wildman–Crippen MR) is 78.1 cm³/mol. The van der Waals surface area contributed by atoms with E-state index in [2.05, 4.69) is 15.1 Å². The van der Waals surface area contributed by atoms with Crippen molar-refractivity contribution in [3.05, 3.63) is 23.3 Å². The van der Waals surface area contributed by atoms with Gasteiger partial charge in [-0.25, -0.2) is 8.78 Å². The van der Waals surface area contributed by atoms with E-state index in [1.807, 2.05) is 0 Å². The van der Waals surface area contributed by atoms with Gasteiger partial charge in [0.2, 0.25) is 5.91 Å². The van der Waals surface area contributed by atoms with E-state index in [-0.39, 0.29) is 17.3 Å². The smallest absolute Gasteiger partial charge is 0.216 e. The highest BCUT2D eigenvalue weighted by molar-refractivity contribution is 5.72. The molecule has 1 saturated heterocycles. The number of hydrogen-bond acceptors (Lipinski definition) is 3. The summed E-state index contributed by atoms with van der Waals surface area (Å²) in [6, 6.07) is 0. The summed E-state index contributed by atoms with van der Waals surface area (Å²) in [5.74, 6) is -0.717. The number of carbonyl (C=O) groups excluding carboxylic acids is 1. The Kier molecular flexibility index (Phi) is 5.87. The summed E-state index contributed by atoms with van der Waals surface area (Å²) in [6.45, 7) is 6.64. The number of carbonyl (C=O) groups is 1. The summed E-state index contributed by atoms with van der Waals surface area (Å²) in [7, 11) is 0. The monoisotopic (exact) mass is 299 g/mol. The van der Waals surface area contributed by atoms with Crippen LogP contribution in [0.5, 0.6) is 0 Å². The van der Waals surface area contributed by atoms with Crippen molar-refractivity contribution in [2.75, 3.05) is 45.8 Å². The van der Waals surface area contributed by atoms with Crippen LogP contribution in [0.1, 0.15) is 19.8 Å². The number of piperazine rings is 1. The molecule has 0 aromatic heterocycles. The third-order valence-corrected chi connectivity index (χ3v) is 3.95. The topological polar surface area (TPSA) is 35.6 Å². The van der Waals surface area contributed by atoms with Gasteiger partial charge in [0.15, 0.2) is 0 Å². The van der Waals surface area contributed by atoms with Gasteiger partial charge in [-0.1, -0.05) is 0 Å². The van der Waals surface area contributed by atoms with Crippen LogP contribution in [0.4, 0.5) is 8.78 Å². The SMILES string of the molecule is CC(=O)NCCN1CCN(CC2=C(F)CCC=C2F)CC1. The van der Waals surface area contributed by atoms with Crippen molar-refractivity contribution < 1.29 is 13.6 Å². The molecule has 1 aliphatic carbocycles. The number of nitrogens with zero attached hydrogens (tertiary/aromatic N) is 2. The van der Waals surface area contributed by atoms with Crippen LogP contribution >= 0.6 is 0 Å². The van der Waals surface area contributed by atoms with Gasteiger partial charge in [-0.2, -0.15) is 0 Å². The molecule has 0 bridgehead atoms. The highest BCUT2D eigenvalue weighted by Crippen LogP contribution is 2.27. The fraction of sp³-hybridized carbons (Fsp3) is 0.667. The van der Waals surface area contributed by atoms with Gasteiger partial charge in [0, 0.05) is 64.7 Å². The first-order valence-electron chi connectivity index (χ1n) is 7.49. The molecule has 6 heteroatoms. The summed E-state index contributed by atoms with van der Waals surface area (Å²) in [5, 5.41) is 2.77. The van der Waals surface area contributed by atoms with Crippen LogP contribution in [0.2, 0.25) is 0 Å². The molecular formula is C15H23F2N3O. The Bertz CT molecular complexity index is 440. The Balaban J connectivity index is 1.74. The van der Waals surface area contributed by atoms with Gasteiger partial charge in [-0.05, 0) is 12.5 Å². The van der Waals surface area contributed by atoms with Crippen molar-refractivity contribution in [2.24, 2.45) is 0 Å². The van der Waals surface area contributed by atoms with Crippen LogP contribution in [-0.2, 0) is 4.79 Å². The molecule has 4 nitrogen and oxygen atoms in total. The molecule has 1 aliphatic heterocycles. The molecule has 0 aromatic rings. The molecule has 0 spiro atoms. The largest absolute Gasteiger partial charge is 0.355 e. The van der Waals surface area contributed by atoms with Crippen LogP contribution in [0, 0.1) is 0 Å². The summed E-state index contributed by atoms with van der Waals surface area (Å²) >= 11 is 0. The van der Waals surface area contributed by atoms with Crippen molar-refractivity contribution in [1.29, 1.82) is 0 Å². The minimum absolute atomic E-state index is 0.0180. The van der Waals surface area contributed by atoms with E-state index in [1.54, 1.807) is 0 Å². The lowest BCUT2D eigenvalue weighted by molar-refractivity contribution is -0.119. The van der Waals surface area contributed by atoms with Crippen molar-refractivity contribution in [3.63, 3.8) is 0 Å². The zero-order valence-electron chi connectivity index (χ0n) is 12.5. The number of amides is 1. The highest BCUT2D eigenvalue weighted by atomic mass is 19.1. The van der Waals surface area contributed by atoms with E-state index in [9.17, 15) is 13.6 Å². The van der Waals surface area contributed by atoms with E-state index >= 15 is 0 Å². The first-order valence-corrected chi connectivity index (χ1v) is 7.49. The lowest BCUT2D eigenvalue weighted by Crippen LogP contribution is -2.48. The molecule has 21 heavy (non-hydrogen) atoms. The molecule has 1 amide bonds. The van der Waals surface area contributed by atoms with Crippen LogP contribution in [0.3, 0.4) is 0 Å². The first-order chi connectivity index (χ1) is 10.1. The predicted octanol–water partition coefficient (Wildman–Crippen LogP) is 1.61. The maximum absolute atomic E-state index is 13.7. The molecule has 0 radical (unpaired) electrons. The fourth-order valence-electron chi connectivity index (χ4n) is 2.68. The minimum atomic E-state index is -0.396. The average molecular weight is 299 g/mol. The Morgan fingerprint density at radius 1 is 1.24 bits per heavy atom. The van der Waals surface area contributed by atoms with Gasteiger partial charge < -0.3 is 5.32 Å². The maximum Gasteiger partial charge on any atom is 0.216 e. The van der Waals surface area contributed by atoms with Gasteiger partial charge in [0.05, 0.1) is 0 Å². The van der Waals surface area contributed by atoms with Crippen LogP contribution in [0.15, 0.2) is 23.3 Å². The second kappa shape index (κ2) is 7.66. The van der Waals surface area contributed by atoms with Crippen molar-refractivity contribution in [1.82, 2.24) is 15.1 Å². The lowest BCUT2D eigenvalue weighted by Gasteiger charge is -2.35. The highest BCUT2D eigenvalue weighted by Gasteiger charge is 2.22. The van der Waals surface area contributed by atoms with E-state index in [1.165, 1.54) is 13.0 Å². The number of hydrogen-bond donors (Lipinski definition) is 1.